The summed E-state index contributed by atoms with van der Waals surface area (Å²) < 4.78 is 10.7. The van der Waals surface area contributed by atoms with Crippen LogP contribution in [0.25, 0.3) is 0 Å². The van der Waals surface area contributed by atoms with Gasteiger partial charge in [0.2, 0.25) is 0 Å². The molecular formula is C27H29Cl2N3O5. The van der Waals surface area contributed by atoms with E-state index in [9.17, 15) is 14.4 Å². The highest BCUT2D eigenvalue weighted by atomic mass is 35.5. The van der Waals surface area contributed by atoms with Gasteiger partial charge >= 0.3 is 5.97 Å². The van der Waals surface area contributed by atoms with Crippen molar-refractivity contribution in [2.75, 3.05) is 19.0 Å². The summed E-state index contributed by atoms with van der Waals surface area (Å²) in [5.74, 6) is -0.684. The SMILES string of the molecule is CCOC(=O)[C@H](Cc1ccc(NC(=O)c2c(Cl)cncc2Cl)cc1)N=C1CC(=O)C12CCC(OC)CC2. The minimum Gasteiger partial charge on any atom is -0.464 e. The van der Waals surface area contributed by atoms with Gasteiger partial charge in [0.05, 0.1) is 33.7 Å². The Hall–Kier alpha value is -2.81. The van der Waals surface area contributed by atoms with Crippen molar-refractivity contribution >= 4 is 52.3 Å². The lowest BCUT2D eigenvalue weighted by molar-refractivity contribution is -0.144. The quantitative estimate of drug-likeness (QED) is 0.462. The number of pyridine rings is 1. The minimum absolute atomic E-state index is 0.143. The van der Waals surface area contributed by atoms with Gasteiger partial charge in [-0.05, 0) is 50.3 Å². The monoisotopic (exact) mass is 545 g/mol. The minimum atomic E-state index is -0.755. The Morgan fingerprint density at radius 2 is 1.81 bits per heavy atom. The van der Waals surface area contributed by atoms with Crippen LogP contribution in [-0.2, 0) is 25.5 Å². The first-order chi connectivity index (χ1) is 17.8. The van der Waals surface area contributed by atoms with Gasteiger partial charge in [0, 0.05) is 43.7 Å². The maximum absolute atomic E-state index is 12.8. The third-order valence-electron chi connectivity index (χ3n) is 7.13. The number of hydrogen-bond donors (Lipinski definition) is 1. The second kappa shape index (κ2) is 11.7. The number of ether oxygens (including phenoxy) is 2. The first kappa shape index (κ1) is 27.2. The van der Waals surface area contributed by atoms with Crippen molar-refractivity contribution in [2.45, 2.75) is 57.6 Å². The molecular weight excluding hydrogens is 517 g/mol. The van der Waals surface area contributed by atoms with Gasteiger partial charge < -0.3 is 14.8 Å². The second-order valence-corrected chi connectivity index (χ2v) is 10.1. The zero-order valence-electron chi connectivity index (χ0n) is 20.8. The Bertz CT molecular complexity index is 1190. The zero-order valence-corrected chi connectivity index (χ0v) is 22.3. The number of nitrogens with zero attached hydrogens (tertiary/aromatic N) is 2. The summed E-state index contributed by atoms with van der Waals surface area (Å²) in [6, 6.07) is 6.32. The van der Waals surface area contributed by atoms with Crippen LogP contribution >= 0.6 is 23.2 Å². The summed E-state index contributed by atoms with van der Waals surface area (Å²) in [6.07, 6.45) is 6.44. The molecule has 1 aromatic carbocycles. The van der Waals surface area contributed by atoms with Gasteiger partial charge in [-0.15, -0.1) is 0 Å². The van der Waals surface area contributed by atoms with E-state index in [1.165, 1.54) is 12.4 Å². The number of benzene rings is 1. The highest BCUT2D eigenvalue weighted by molar-refractivity contribution is 6.40. The normalized spacial score (nSPS) is 23.0. The molecule has 1 atom stereocenters. The summed E-state index contributed by atoms with van der Waals surface area (Å²) in [4.78, 5) is 46.7. The van der Waals surface area contributed by atoms with E-state index in [1.54, 1.807) is 26.2 Å². The molecule has 2 saturated carbocycles. The fraction of sp³-hybridized carbons (Fsp3) is 0.444. The third-order valence-corrected chi connectivity index (χ3v) is 7.70. The Morgan fingerprint density at radius 3 is 2.38 bits per heavy atom. The third kappa shape index (κ3) is 5.87. The van der Waals surface area contributed by atoms with E-state index in [0.717, 1.165) is 24.1 Å². The predicted molar refractivity (Wildman–Crippen MR) is 142 cm³/mol. The molecule has 2 aromatic rings. The summed E-state index contributed by atoms with van der Waals surface area (Å²) in [5, 5.41) is 3.07. The van der Waals surface area contributed by atoms with Crippen LogP contribution in [0.5, 0.6) is 0 Å². The van der Waals surface area contributed by atoms with Crippen LogP contribution in [0, 0.1) is 5.41 Å². The number of halogens is 2. The van der Waals surface area contributed by atoms with E-state index in [2.05, 4.69) is 10.3 Å². The lowest BCUT2D eigenvalue weighted by Gasteiger charge is -2.46. The number of carbonyl (C=O) groups excluding carboxylic acids is 3. The number of anilines is 1. The second-order valence-electron chi connectivity index (χ2n) is 9.29. The number of aromatic nitrogens is 1. The van der Waals surface area contributed by atoms with Crippen LogP contribution in [-0.4, -0.2) is 54.2 Å². The van der Waals surface area contributed by atoms with Crippen molar-refractivity contribution in [3.63, 3.8) is 0 Å². The maximum Gasteiger partial charge on any atom is 0.331 e. The average molecular weight is 546 g/mol. The van der Waals surface area contributed by atoms with E-state index in [0.29, 0.717) is 24.9 Å². The smallest absolute Gasteiger partial charge is 0.331 e. The van der Waals surface area contributed by atoms with E-state index < -0.39 is 23.3 Å². The van der Waals surface area contributed by atoms with Crippen molar-refractivity contribution in [3.05, 3.63) is 57.8 Å². The van der Waals surface area contributed by atoms with Crippen molar-refractivity contribution in [3.8, 4) is 0 Å². The molecule has 4 rings (SSSR count). The summed E-state index contributed by atoms with van der Waals surface area (Å²) >= 11 is 12.1. The molecule has 0 saturated heterocycles. The molecule has 196 valence electrons. The number of amides is 1. The average Bonchev–Trinajstić information content (AvgIpc) is 2.89. The number of ketones is 1. The first-order valence-electron chi connectivity index (χ1n) is 12.3. The molecule has 0 bridgehead atoms. The summed E-state index contributed by atoms with van der Waals surface area (Å²) in [7, 11) is 1.69. The van der Waals surface area contributed by atoms with Crippen LogP contribution < -0.4 is 5.32 Å². The molecule has 1 N–H and O–H groups in total. The first-order valence-corrected chi connectivity index (χ1v) is 13.0. The molecule has 1 aromatic heterocycles. The number of aliphatic imine (C=N–C) groups is 1. The Labute approximate surface area is 225 Å². The van der Waals surface area contributed by atoms with Gasteiger partial charge in [0.25, 0.3) is 5.91 Å². The number of hydrogen-bond acceptors (Lipinski definition) is 7. The fourth-order valence-electron chi connectivity index (χ4n) is 4.98. The lowest BCUT2D eigenvalue weighted by Crippen LogP contribution is -2.54. The van der Waals surface area contributed by atoms with E-state index >= 15 is 0 Å². The number of Topliss-reactive ketones (excluding diaryl/α,β-unsaturated/α-hetero) is 1. The maximum atomic E-state index is 12.8. The van der Waals surface area contributed by atoms with Crippen LogP contribution in [0.1, 0.15) is 54.9 Å². The lowest BCUT2D eigenvalue weighted by atomic mass is 9.57. The molecule has 2 aliphatic rings. The van der Waals surface area contributed by atoms with Gasteiger partial charge in [-0.25, -0.2) is 4.79 Å². The molecule has 2 fully saturated rings. The van der Waals surface area contributed by atoms with E-state index in [1.807, 2.05) is 12.1 Å². The standard InChI is InChI=1S/C27H29Cl2N3O5/c1-3-37-26(35)21(32-22-13-23(33)27(22)10-8-18(36-2)9-11-27)12-16-4-6-17(7-5-16)31-25(34)24-19(28)14-30-15-20(24)29/h4-7,14-15,18,21H,3,8-13H2,1-2H3,(H,31,34)/t18?,21-,27?/m0/s1. The van der Waals surface area contributed by atoms with Gasteiger partial charge in [0.1, 0.15) is 5.78 Å². The van der Waals surface area contributed by atoms with Gasteiger partial charge in [0.15, 0.2) is 6.04 Å². The zero-order chi connectivity index (χ0) is 26.6. The van der Waals surface area contributed by atoms with E-state index in [4.69, 9.17) is 37.7 Å². The number of rotatable bonds is 8. The Kier molecular flexibility index (Phi) is 8.62. The molecule has 1 amide bonds. The van der Waals surface area contributed by atoms with Crippen molar-refractivity contribution in [1.29, 1.82) is 0 Å². The molecule has 1 spiro atoms. The van der Waals surface area contributed by atoms with Crippen molar-refractivity contribution in [1.82, 2.24) is 4.98 Å². The van der Waals surface area contributed by atoms with Crippen molar-refractivity contribution in [2.24, 2.45) is 10.4 Å². The molecule has 0 unspecified atom stereocenters. The van der Waals surface area contributed by atoms with Gasteiger partial charge in [-0.3, -0.25) is 19.6 Å². The number of nitrogens with one attached hydrogen (secondary N) is 1. The highest BCUT2D eigenvalue weighted by Gasteiger charge is 2.53. The molecule has 10 heteroatoms. The molecule has 37 heavy (non-hydrogen) atoms. The Morgan fingerprint density at radius 1 is 1.16 bits per heavy atom. The largest absolute Gasteiger partial charge is 0.464 e. The van der Waals surface area contributed by atoms with E-state index in [-0.39, 0.29) is 40.5 Å². The van der Waals surface area contributed by atoms with Gasteiger partial charge in [-0.2, -0.15) is 0 Å². The number of carbonyl (C=O) groups is 3. The van der Waals surface area contributed by atoms with Gasteiger partial charge in [-0.1, -0.05) is 35.3 Å². The molecule has 2 aliphatic carbocycles. The summed E-state index contributed by atoms with van der Waals surface area (Å²) in [5.41, 5.74) is 1.74. The molecule has 8 nitrogen and oxygen atoms in total. The summed E-state index contributed by atoms with van der Waals surface area (Å²) in [6.45, 7) is 1.99. The fourth-order valence-corrected chi connectivity index (χ4v) is 5.51. The van der Waals surface area contributed by atoms with Crippen molar-refractivity contribution < 1.29 is 23.9 Å². The topological polar surface area (TPSA) is 107 Å². The van der Waals surface area contributed by atoms with Crippen LogP contribution in [0.15, 0.2) is 41.7 Å². The van der Waals surface area contributed by atoms with Crippen LogP contribution in [0.4, 0.5) is 5.69 Å². The number of methoxy groups -OCH3 is 1. The highest BCUT2D eigenvalue weighted by Crippen LogP contribution is 2.47. The van der Waals surface area contributed by atoms with Crippen LogP contribution in [0.2, 0.25) is 10.0 Å². The molecule has 0 radical (unpaired) electrons. The molecule has 1 heterocycles. The Balaban J connectivity index is 1.48. The molecule has 0 aliphatic heterocycles. The predicted octanol–water partition coefficient (Wildman–Crippen LogP) is 5.10. The van der Waals surface area contributed by atoms with Crippen LogP contribution in [0.3, 0.4) is 0 Å². The number of esters is 1.